The second kappa shape index (κ2) is 11.0. The number of hydrogen-bond acceptors (Lipinski definition) is 6. The van der Waals surface area contributed by atoms with Crippen molar-refractivity contribution in [2.45, 2.75) is 62.9 Å². The lowest BCUT2D eigenvalue weighted by molar-refractivity contribution is -0.384. The molecule has 0 aromatic heterocycles. The Morgan fingerprint density at radius 3 is 2.31 bits per heavy atom. The summed E-state index contributed by atoms with van der Waals surface area (Å²) < 4.78 is 42.8. The van der Waals surface area contributed by atoms with Gasteiger partial charge in [-0.1, -0.05) is 67.0 Å². The van der Waals surface area contributed by atoms with Gasteiger partial charge in [-0.3, -0.25) is 14.4 Å². The van der Waals surface area contributed by atoms with Crippen molar-refractivity contribution in [3.8, 4) is 5.75 Å². The summed E-state index contributed by atoms with van der Waals surface area (Å²) in [6, 6.07) is 18.3. The van der Waals surface area contributed by atoms with Gasteiger partial charge in [0.25, 0.3) is 15.7 Å². The molecule has 208 valence electrons. The number of hydrogen-bond donors (Lipinski definition) is 0. The first-order valence-corrected chi connectivity index (χ1v) is 17.8. The average Bonchev–Trinajstić information content (AvgIpc) is 2.87. The van der Waals surface area contributed by atoms with Crippen LogP contribution in [0.5, 0.6) is 5.75 Å². The fourth-order valence-corrected chi connectivity index (χ4v) is 7.64. The van der Waals surface area contributed by atoms with Gasteiger partial charge in [0.1, 0.15) is 12.4 Å². The van der Waals surface area contributed by atoms with Gasteiger partial charge >= 0.3 is 0 Å². The number of non-ortho nitro benzene ring substituents is 1. The molecule has 1 atom stereocenters. The van der Waals surface area contributed by atoms with Crippen molar-refractivity contribution in [3.63, 3.8) is 0 Å². The van der Waals surface area contributed by atoms with E-state index in [-0.39, 0.29) is 28.3 Å². The van der Waals surface area contributed by atoms with Crippen LogP contribution >= 0.6 is 15.9 Å². The molecule has 11 heteroatoms. The molecule has 3 aromatic carbocycles. The molecule has 0 radical (unpaired) electrons. The van der Waals surface area contributed by atoms with Gasteiger partial charge in [-0.25, -0.2) is 8.42 Å². The smallest absolute Gasteiger partial charge is 0.269 e. The standard InChI is InChI=1S/C28H33BrN2O6SSi/c1-28(2,3)39(4,5)37-23-15-25-26(29)16-22(36-19-20-9-7-6-8-10-20)17-27(25)30(18-23)38(34,35)24-13-11-21(12-14-24)31(32)33/h6-14,16-17,23H,15,18-19H2,1-5H3/t23-/m0/s1. The largest absolute Gasteiger partial charge is 0.489 e. The number of ether oxygens (including phenoxy) is 1. The molecule has 0 N–H and O–H groups in total. The summed E-state index contributed by atoms with van der Waals surface area (Å²) in [5.74, 6) is 0.525. The van der Waals surface area contributed by atoms with E-state index in [1.807, 2.05) is 36.4 Å². The molecular formula is C28H33BrN2O6SSi. The quantitative estimate of drug-likeness (QED) is 0.149. The number of benzene rings is 3. The molecule has 0 saturated heterocycles. The maximum absolute atomic E-state index is 14.0. The molecule has 0 amide bonds. The first-order valence-electron chi connectivity index (χ1n) is 12.6. The second-order valence-corrected chi connectivity index (χ2v) is 18.6. The number of fused-ring (bicyclic) bond motifs is 1. The molecule has 8 nitrogen and oxygen atoms in total. The maximum atomic E-state index is 14.0. The van der Waals surface area contributed by atoms with Crippen LogP contribution in [0.1, 0.15) is 31.9 Å². The first kappa shape index (κ1) is 29.3. The lowest BCUT2D eigenvalue weighted by Crippen LogP contribution is -2.50. The molecule has 1 aliphatic heterocycles. The van der Waals surface area contributed by atoms with Gasteiger partial charge in [-0.05, 0) is 47.5 Å². The number of anilines is 1. The summed E-state index contributed by atoms with van der Waals surface area (Å²) >= 11 is 3.66. The summed E-state index contributed by atoms with van der Waals surface area (Å²) in [7, 11) is -6.29. The number of nitrogens with zero attached hydrogens (tertiary/aromatic N) is 2. The van der Waals surface area contributed by atoms with Crippen LogP contribution in [0, 0.1) is 10.1 Å². The average molecular weight is 634 g/mol. The van der Waals surface area contributed by atoms with E-state index < -0.39 is 23.3 Å². The highest BCUT2D eigenvalue weighted by Crippen LogP contribution is 2.43. The highest BCUT2D eigenvalue weighted by atomic mass is 79.9. The number of nitro benzene ring substituents is 1. The van der Waals surface area contributed by atoms with E-state index in [1.54, 1.807) is 6.07 Å². The molecule has 39 heavy (non-hydrogen) atoms. The van der Waals surface area contributed by atoms with Crippen molar-refractivity contribution in [2.24, 2.45) is 0 Å². The topological polar surface area (TPSA) is 99.0 Å². The van der Waals surface area contributed by atoms with Crippen molar-refractivity contribution in [2.75, 3.05) is 10.8 Å². The molecule has 0 aliphatic carbocycles. The molecule has 0 saturated carbocycles. The Morgan fingerprint density at radius 1 is 1.08 bits per heavy atom. The molecule has 0 unspecified atom stereocenters. The van der Waals surface area contributed by atoms with E-state index in [4.69, 9.17) is 9.16 Å². The lowest BCUT2D eigenvalue weighted by atomic mass is 10.0. The van der Waals surface area contributed by atoms with Crippen LogP contribution < -0.4 is 9.04 Å². The summed E-state index contributed by atoms with van der Waals surface area (Å²) in [6.45, 7) is 11.2. The number of rotatable bonds is 8. The predicted molar refractivity (Wildman–Crippen MR) is 158 cm³/mol. The first-order chi connectivity index (χ1) is 18.2. The Balaban J connectivity index is 1.75. The van der Waals surface area contributed by atoms with Gasteiger partial charge in [-0.2, -0.15) is 0 Å². The Hall–Kier alpha value is -2.73. The zero-order valence-electron chi connectivity index (χ0n) is 22.7. The molecule has 0 bridgehead atoms. The number of nitro groups is 1. The fraction of sp³-hybridized carbons (Fsp3) is 0.357. The van der Waals surface area contributed by atoms with Crippen LogP contribution in [0.25, 0.3) is 0 Å². The van der Waals surface area contributed by atoms with E-state index in [2.05, 4.69) is 49.8 Å². The van der Waals surface area contributed by atoms with Crippen LogP contribution in [0.4, 0.5) is 11.4 Å². The third-order valence-corrected chi connectivity index (χ3v) is 14.4. The van der Waals surface area contributed by atoms with Crippen molar-refractivity contribution >= 4 is 45.6 Å². The molecule has 4 rings (SSSR count). The minimum absolute atomic E-state index is 0.0289. The third kappa shape index (κ3) is 6.37. The summed E-state index contributed by atoms with van der Waals surface area (Å²) in [6.07, 6.45) is 0.173. The Morgan fingerprint density at radius 2 is 1.72 bits per heavy atom. The van der Waals surface area contributed by atoms with E-state index in [0.717, 1.165) is 15.6 Å². The van der Waals surface area contributed by atoms with E-state index in [0.29, 0.717) is 24.5 Å². The molecule has 0 spiro atoms. The van der Waals surface area contributed by atoms with Crippen molar-refractivity contribution in [3.05, 3.63) is 92.4 Å². The van der Waals surface area contributed by atoms with Crippen molar-refractivity contribution in [1.29, 1.82) is 0 Å². The maximum Gasteiger partial charge on any atom is 0.269 e. The van der Waals surface area contributed by atoms with E-state index in [1.165, 1.54) is 28.6 Å². The van der Waals surface area contributed by atoms with Crippen LogP contribution in [-0.4, -0.2) is 34.3 Å². The number of halogens is 1. The lowest BCUT2D eigenvalue weighted by Gasteiger charge is -2.43. The highest BCUT2D eigenvalue weighted by molar-refractivity contribution is 9.10. The van der Waals surface area contributed by atoms with Gasteiger partial charge in [-0.15, -0.1) is 0 Å². The zero-order chi connectivity index (χ0) is 28.6. The number of sulfonamides is 1. The van der Waals surface area contributed by atoms with Crippen molar-refractivity contribution in [1.82, 2.24) is 0 Å². The summed E-state index contributed by atoms with van der Waals surface area (Å²) in [4.78, 5) is 10.6. The molecular weight excluding hydrogens is 600 g/mol. The second-order valence-electron chi connectivity index (χ2n) is 11.2. The van der Waals surface area contributed by atoms with Gasteiger partial charge in [0.2, 0.25) is 0 Å². The van der Waals surface area contributed by atoms with Crippen LogP contribution in [0.2, 0.25) is 18.1 Å². The molecule has 1 aliphatic rings. The SMILES string of the molecule is CC(C)(C)[Si](C)(C)O[C@H]1Cc2c(Br)cc(OCc3ccccc3)cc2N(S(=O)(=O)c2ccc([N+](=O)[O-])cc2)C1. The van der Waals surface area contributed by atoms with Crippen LogP contribution in [0.3, 0.4) is 0 Å². The third-order valence-electron chi connectivity index (χ3n) is 7.37. The fourth-order valence-electron chi connectivity index (χ4n) is 4.19. The van der Waals surface area contributed by atoms with Gasteiger partial charge < -0.3 is 9.16 Å². The highest BCUT2D eigenvalue weighted by Gasteiger charge is 2.42. The van der Waals surface area contributed by atoms with Crippen LogP contribution in [-0.2, 0) is 27.5 Å². The van der Waals surface area contributed by atoms with E-state index >= 15 is 0 Å². The van der Waals surface area contributed by atoms with Crippen LogP contribution in [0.15, 0.2) is 76.1 Å². The molecule has 1 heterocycles. The van der Waals surface area contributed by atoms with Gasteiger partial charge in [0, 0.05) is 29.1 Å². The zero-order valence-corrected chi connectivity index (χ0v) is 26.1. The summed E-state index contributed by atoms with van der Waals surface area (Å²) in [5.41, 5.74) is 2.12. The normalized spacial score (nSPS) is 16.1. The monoisotopic (exact) mass is 632 g/mol. The van der Waals surface area contributed by atoms with E-state index in [9.17, 15) is 18.5 Å². The molecule has 0 fully saturated rings. The predicted octanol–water partition coefficient (Wildman–Crippen LogP) is 7.08. The van der Waals surface area contributed by atoms with Gasteiger partial charge in [0.05, 0.1) is 28.2 Å². The Bertz CT molecular complexity index is 1460. The Kier molecular flexibility index (Phi) is 8.28. The summed E-state index contributed by atoms with van der Waals surface area (Å²) in [5, 5.41) is 11.1. The van der Waals surface area contributed by atoms with Crippen molar-refractivity contribution < 1.29 is 22.5 Å². The minimum Gasteiger partial charge on any atom is -0.489 e. The minimum atomic E-state index is -4.07. The molecule has 3 aromatic rings. The Labute approximate surface area is 239 Å². The van der Waals surface area contributed by atoms with Gasteiger partial charge in [0.15, 0.2) is 8.32 Å².